The molecule has 6 atom stereocenters. The van der Waals surface area contributed by atoms with Crippen LogP contribution in [0, 0.1) is 5.41 Å². The van der Waals surface area contributed by atoms with Crippen molar-refractivity contribution in [2.75, 3.05) is 6.61 Å². The number of phenols is 3. The van der Waals surface area contributed by atoms with E-state index in [1.165, 1.54) is 0 Å². The van der Waals surface area contributed by atoms with Crippen LogP contribution < -0.4 is 0 Å². The number of carboxylic acids is 1. The van der Waals surface area contributed by atoms with Crippen LogP contribution in [-0.4, -0.2) is 94.5 Å². The van der Waals surface area contributed by atoms with Crippen molar-refractivity contribution in [2.45, 2.75) is 43.9 Å². The van der Waals surface area contributed by atoms with E-state index >= 15 is 0 Å². The van der Waals surface area contributed by atoms with E-state index in [0.717, 1.165) is 13.0 Å². The maximum absolute atomic E-state index is 13.5. The fraction of sp³-hybridized carbons (Fsp3) is 0.409. The Kier molecular flexibility index (Phi) is 5.65. The van der Waals surface area contributed by atoms with Gasteiger partial charge < -0.3 is 50.7 Å². The molecule has 1 aromatic carbocycles. The van der Waals surface area contributed by atoms with E-state index in [9.17, 15) is 60.3 Å². The number of Topliss-reactive ketones (excluding diaryl/α,β-unsaturated/α-hetero) is 2. The highest BCUT2D eigenvalue weighted by Crippen LogP contribution is 2.54. The van der Waals surface area contributed by atoms with Gasteiger partial charge in [-0.2, -0.15) is 0 Å². The third-order valence-corrected chi connectivity index (χ3v) is 6.70. The smallest absolute Gasteiger partial charge is 0.314 e. The van der Waals surface area contributed by atoms with Gasteiger partial charge in [0.25, 0.3) is 0 Å². The van der Waals surface area contributed by atoms with Gasteiger partial charge in [0.1, 0.15) is 41.7 Å². The molecule has 0 spiro atoms. The van der Waals surface area contributed by atoms with Crippen LogP contribution in [0.1, 0.15) is 45.7 Å². The Hall–Kier alpha value is -3.49. The number of aliphatic hydroxyl groups excluding tert-OH is 5. The third kappa shape index (κ3) is 3.24. The number of aliphatic hydroxyl groups is 5. The molecule has 1 fully saturated rings. The number of ketones is 2. The molecular formula is C22H22O13. The third-order valence-electron chi connectivity index (χ3n) is 6.70. The topological polar surface area (TPSA) is 243 Å². The first-order valence-electron chi connectivity index (χ1n) is 10.4. The van der Waals surface area contributed by atoms with Crippen LogP contribution in [0.25, 0.3) is 0 Å². The molecule has 1 aromatic rings. The lowest BCUT2D eigenvalue weighted by Crippen LogP contribution is -2.55. The number of carbonyl (C=O) groups is 3. The summed E-state index contributed by atoms with van der Waals surface area (Å²) < 4.78 is 5.30. The summed E-state index contributed by atoms with van der Waals surface area (Å²) in [6.45, 7) is 0.222. The number of rotatable bonds is 3. The van der Waals surface area contributed by atoms with E-state index in [0.29, 0.717) is 0 Å². The van der Waals surface area contributed by atoms with E-state index in [-0.39, 0.29) is 0 Å². The molecule has 1 heterocycles. The molecule has 0 bridgehead atoms. The molecule has 0 amide bonds. The van der Waals surface area contributed by atoms with Crippen molar-refractivity contribution in [3.63, 3.8) is 0 Å². The molecule has 13 heteroatoms. The summed E-state index contributed by atoms with van der Waals surface area (Å²) in [5.41, 5.74) is -5.84. The molecule has 1 unspecified atom stereocenters. The molecular weight excluding hydrogens is 472 g/mol. The summed E-state index contributed by atoms with van der Waals surface area (Å²) in [7, 11) is 0. The van der Waals surface area contributed by atoms with Gasteiger partial charge in [-0.25, -0.2) is 0 Å². The monoisotopic (exact) mass is 494 g/mol. The number of aromatic hydroxyl groups is 3. The molecule has 3 aliphatic rings. The molecule has 0 radical (unpaired) electrons. The minimum Gasteiger partial charge on any atom is -0.512 e. The van der Waals surface area contributed by atoms with E-state index in [2.05, 4.69) is 0 Å². The van der Waals surface area contributed by atoms with Gasteiger partial charge in [0.05, 0.1) is 29.1 Å². The Morgan fingerprint density at radius 2 is 1.57 bits per heavy atom. The summed E-state index contributed by atoms with van der Waals surface area (Å²) in [6, 6.07) is 0. The van der Waals surface area contributed by atoms with Crippen molar-refractivity contribution >= 4 is 17.5 Å². The SMILES string of the molecule is CC1(C(=O)O)CC(O)=CC2=C1C(=O)c1c(O)c([C@H]3O[C@H](CO)[C@@H](O)[C@H](O)[C@H]3O)c(O)c(O)c1C2=O. The first-order chi connectivity index (χ1) is 16.3. The Morgan fingerprint density at radius 1 is 0.971 bits per heavy atom. The average Bonchev–Trinajstić information content (AvgIpc) is 2.79. The number of carboxylic acid groups (broad SMARTS) is 1. The number of fused-ring (bicyclic) bond motifs is 1. The Bertz CT molecular complexity index is 1230. The second kappa shape index (κ2) is 8.03. The van der Waals surface area contributed by atoms with Gasteiger partial charge >= 0.3 is 5.97 Å². The molecule has 0 saturated carbocycles. The zero-order valence-corrected chi connectivity index (χ0v) is 18.0. The van der Waals surface area contributed by atoms with Gasteiger partial charge in [0.15, 0.2) is 23.1 Å². The number of hydrogen-bond acceptors (Lipinski definition) is 12. The molecule has 0 aromatic heterocycles. The average molecular weight is 494 g/mol. The van der Waals surface area contributed by atoms with Crippen LogP contribution in [0.15, 0.2) is 23.0 Å². The summed E-state index contributed by atoms with van der Waals surface area (Å²) in [5.74, 6) is -8.05. The Morgan fingerprint density at radius 3 is 2.14 bits per heavy atom. The van der Waals surface area contributed by atoms with E-state index in [1.807, 2.05) is 0 Å². The van der Waals surface area contributed by atoms with E-state index in [4.69, 9.17) is 4.74 Å². The lowest BCUT2D eigenvalue weighted by Gasteiger charge is -2.41. The highest BCUT2D eigenvalue weighted by atomic mass is 16.5. The van der Waals surface area contributed by atoms with Crippen molar-refractivity contribution < 1.29 is 65.1 Å². The number of phenolic OH excluding ortho intramolecular Hbond substituents is 3. The molecule has 35 heavy (non-hydrogen) atoms. The molecule has 2 aliphatic carbocycles. The molecule has 188 valence electrons. The van der Waals surface area contributed by atoms with Crippen LogP contribution in [-0.2, 0) is 9.53 Å². The van der Waals surface area contributed by atoms with Gasteiger partial charge in [0.2, 0.25) is 0 Å². The van der Waals surface area contributed by atoms with Crippen LogP contribution >= 0.6 is 0 Å². The lowest BCUT2D eigenvalue weighted by atomic mass is 9.66. The quantitative estimate of drug-likeness (QED) is 0.180. The van der Waals surface area contributed by atoms with Gasteiger partial charge in [0, 0.05) is 17.6 Å². The maximum Gasteiger partial charge on any atom is 0.314 e. The standard InChI is InChI=1S/C22H22O13/c1-22(21(33)34)3-5(24)2-6-11(22)15(28)9-8(12(6)25)16(29)17(30)10(14(9)27)20-19(32)18(31)13(26)7(4-23)35-20/h2,7,13,18-20,23-24,26-27,29-32H,3-4H2,1H3,(H,33,34)/t7-,13-,18+,19-,20-,22?/m1/s1. The molecule has 4 rings (SSSR count). The summed E-state index contributed by atoms with van der Waals surface area (Å²) in [6.07, 6.45) is -8.86. The predicted molar refractivity (Wildman–Crippen MR) is 111 cm³/mol. The molecule has 1 saturated heterocycles. The Labute approximate surface area is 196 Å². The van der Waals surface area contributed by atoms with Gasteiger partial charge in [-0.3, -0.25) is 14.4 Å². The number of hydrogen-bond donors (Lipinski definition) is 9. The first kappa shape index (κ1) is 24.6. The second-order valence-corrected chi connectivity index (χ2v) is 8.86. The van der Waals surface area contributed by atoms with Crippen LogP contribution in [0.4, 0.5) is 0 Å². The van der Waals surface area contributed by atoms with Crippen molar-refractivity contribution in [1.82, 2.24) is 0 Å². The number of ether oxygens (including phenoxy) is 1. The molecule has 13 nitrogen and oxygen atoms in total. The predicted octanol–water partition coefficient (Wildman–Crippen LogP) is -1.07. The highest BCUT2D eigenvalue weighted by molar-refractivity contribution is 6.32. The van der Waals surface area contributed by atoms with Crippen molar-refractivity contribution in [3.8, 4) is 17.2 Å². The molecule has 1 aliphatic heterocycles. The summed E-state index contributed by atoms with van der Waals surface area (Å²) in [4.78, 5) is 38.7. The number of benzene rings is 1. The zero-order chi connectivity index (χ0) is 26.1. The largest absolute Gasteiger partial charge is 0.512 e. The van der Waals surface area contributed by atoms with Crippen LogP contribution in [0.5, 0.6) is 17.2 Å². The normalized spacial score (nSPS) is 32.7. The zero-order valence-electron chi connectivity index (χ0n) is 18.0. The summed E-state index contributed by atoms with van der Waals surface area (Å²) >= 11 is 0. The number of allylic oxidation sites excluding steroid dienone is 3. The lowest BCUT2D eigenvalue weighted by molar-refractivity contribution is -0.232. The molecule has 9 N–H and O–H groups in total. The minimum atomic E-state index is -2.10. The maximum atomic E-state index is 13.5. The van der Waals surface area contributed by atoms with E-state index < -0.39 is 117 Å². The fourth-order valence-electron chi connectivity index (χ4n) is 4.81. The number of aliphatic carboxylic acids is 1. The second-order valence-electron chi connectivity index (χ2n) is 8.86. The van der Waals surface area contributed by atoms with Crippen LogP contribution in [0.3, 0.4) is 0 Å². The highest BCUT2D eigenvalue weighted by Gasteiger charge is 2.53. The Balaban J connectivity index is 1.98. The van der Waals surface area contributed by atoms with Crippen molar-refractivity contribution in [1.29, 1.82) is 0 Å². The van der Waals surface area contributed by atoms with Crippen molar-refractivity contribution in [2.24, 2.45) is 5.41 Å². The first-order valence-corrected chi connectivity index (χ1v) is 10.4. The van der Waals surface area contributed by atoms with Crippen LogP contribution in [0.2, 0.25) is 0 Å². The fourth-order valence-corrected chi connectivity index (χ4v) is 4.81. The van der Waals surface area contributed by atoms with E-state index in [1.54, 1.807) is 0 Å². The minimum absolute atomic E-state index is 0.524. The van der Waals surface area contributed by atoms with Gasteiger partial charge in [-0.05, 0) is 13.0 Å². The van der Waals surface area contributed by atoms with Gasteiger partial charge in [-0.15, -0.1) is 0 Å². The van der Waals surface area contributed by atoms with Gasteiger partial charge in [-0.1, -0.05) is 0 Å². The summed E-state index contributed by atoms with van der Waals surface area (Å²) in [5, 5.41) is 91.9. The number of carbonyl (C=O) groups excluding carboxylic acids is 2. The van der Waals surface area contributed by atoms with Crippen molar-refractivity contribution in [3.05, 3.63) is 39.7 Å².